The minimum atomic E-state index is -0.109. The maximum atomic E-state index is 12.1. The summed E-state index contributed by atoms with van der Waals surface area (Å²) >= 11 is 0. The van der Waals surface area contributed by atoms with Gasteiger partial charge in [0.05, 0.1) is 5.41 Å². The summed E-state index contributed by atoms with van der Waals surface area (Å²) in [4.78, 5) is 12.1. The van der Waals surface area contributed by atoms with Gasteiger partial charge >= 0.3 is 5.97 Å². The van der Waals surface area contributed by atoms with Crippen LogP contribution < -0.4 is 0 Å². The maximum Gasteiger partial charge on any atom is 0.312 e. The van der Waals surface area contributed by atoms with Crippen molar-refractivity contribution in [3.8, 4) is 0 Å². The minimum absolute atomic E-state index is 0.0942. The number of esters is 1. The second-order valence-electron chi connectivity index (χ2n) is 7.06. The van der Waals surface area contributed by atoms with E-state index in [0.717, 1.165) is 31.6 Å². The summed E-state index contributed by atoms with van der Waals surface area (Å²) < 4.78 is 5.49. The Balaban J connectivity index is 2.01. The third-order valence-electron chi connectivity index (χ3n) is 4.95. The molecule has 2 rings (SSSR count). The zero-order valence-electron chi connectivity index (χ0n) is 11.7. The van der Waals surface area contributed by atoms with Crippen molar-refractivity contribution < 1.29 is 9.53 Å². The van der Waals surface area contributed by atoms with Gasteiger partial charge in [0.25, 0.3) is 0 Å². The second kappa shape index (κ2) is 4.29. The molecule has 1 saturated heterocycles. The fourth-order valence-corrected chi connectivity index (χ4v) is 3.51. The van der Waals surface area contributed by atoms with Crippen LogP contribution in [-0.2, 0) is 9.53 Å². The Morgan fingerprint density at radius 1 is 1.29 bits per heavy atom. The first-order chi connectivity index (χ1) is 7.87. The highest BCUT2D eigenvalue weighted by Gasteiger charge is 2.50. The first-order valence-corrected chi connectivity index (χ1v) is 7.08. The first-order valence-electron chi connectivity index (χ1n) is 7.08. The minimum Gasteiger partial charge on any atom is -0.462 e. The average molecular weight is 238 g/mol. The Hall–Kier alpha value is -0.530. The molecule has 0 aromatic rings. The van der Waals surface area contributed by atoms with Gasteiger partial charge < -0.3 is 4.74 Å². The van der Waals surface area contributed by atoms with E-state index in [1.165, 1.54) is 12.8 Å². The van der Waals surface area contributed by atoms with Crippen LogP contribution in [0.25, 0.3) is 0 Å². The SMILES string of the molecule is CCC1CC2(CCC(C(C)(C)C)CC2)C(=O)O1. The van der Waals surface area contributed by atoms with E-state index in [4.69, 9.17) is 4.74 Å². The van der Waals surface area contributed by atoms with Crippen molar-refractivity contribution in [2.24, 2.45) is 16.7 Å². The van der Waals surface area contributed by atoms with Crippen LogP contribution >= 0.6 is 0 Å². The van der Waals surface area contributed by atoms with Crippen molar-refractivity contribution in [1.29, 1.82) is 0 Å². The summed E-state index contributed by atoms with van der Waals surface area (Å²) in [7, 11) is 0. The summed E-state index contributed by atoms with van der Waals surface area (Å²) in [6.07, 6.45) is 6.60. The van der Waals surface area contributed by atoms with Gasteiger partial charge in [0.1, 0.15) is 6.10 Å². The predicted molar refractivity (Wildman–Crippen MR) is 68.6 cm³/mol. The number of ether oxygens (including phenoxy) is 1. The topological polar surface area (TPSA) is 26.3 Å². The van der Waals surface area contributed by atoms with Crippen LogP contribution in [0.5, 0.6) is 0 Å². The van der Waals surface area contributed by atoms with Gasteiger partial charge in [0.15, 0.2) is 0 Å². The van der Waals surface area contributed by atoms with Gasteiger partial charge in [-0.15, -0.1) is 0 Å². The van der Waals surface area contributed by atoms with Crippen LogP contribution in [-0.4, -0.2) is 12.1 Å². The highest BCUT2D eigenvalue weighted by Crippen LogP contribution is 2.51. The molecule has 1 unspecified atom stereocenters. The molecule has 2 fully saturated rings. The largest absolute Gasteiger partial charge is 0.462 e. The molecule has 1 heterocycles. The van der Waals surface area contributed by atoms with E-state index in [0.29, 0.717) is 5.41 Å². The standard InChI is InChI=1S/C15H26O2/c1-5-12-10-15(13(16)17-12)8-6-11(7-9-15)14(2,3)4/h11-12H,5-10H2,1-4H3. The van der Waals surface area contributed by atoms with Gasteiger partial charge in [-0.2, -0.15) is 0 Å². The van der Waals surface area contributed by atoms with Crippen molar-refractivity contribution in [2.45, 2.75) is 72.3 Å². The highest BCUT2D eigenvalue weighted by molar-refractivity contribution is 5.79. The Morgan fingerprint density at radius 2 is 1.88 bits per heavy atom. The molecule has 0 bridgehead atoms. The molecule has 0 N–H and O–H groups in total. The third-order valence-corrected chi connectivity index (χ3v) is 4.95. The molecular formula is C15H26O2. The lowest BCUT2D eigenvalue weighted by atomic mass is 9.63. The lowest BCUT2D eigenvalue weighted by Crippen LogP contribution is -2.35. The van der Waals surface area contributed by atoms with Gasteiger partial charge in [-0.25, -0.2) is 0 Å². The van der Waals surface area contributed by atoms with Gasteiger partial charge in [0, 0.05) is 6.42 Å². The van der Waals surface area contributed by atoms with Gasteiger partial charge in [-0.1, -0.05) is 27.7 Å². The molecular weight excluding hydrogens is 212 g/mol. The molecule has 1 saturated carbocycles. The zero-order chi connectivity index (χ0) is 12.7. The summed E-state index contributed by atoms with van der Waals surface area (Å²) in [5.41, 5.74) is 0.275. The predicted octanol–water partition coefficient (Wildman–Crippen LogP) is 3.93. The quantitative estimate of drug-likeness (QED) is 0.647. The van der Waals surface area contributed by atoms with E-state index in [2.05, 4.69) is 27.7 Å². The van der Waals surface area contributed by atoms with Crippen molar-refractivity contribution in [3.63, 3.8) is 0 Å². The molecule has 2 heteroatoms. The Kier molecular flexibility index (Phi) is 3.26. The number of carbonyl (C=O) groups is 1. The first kappa shape index (κ1) is 12.9. The molecule has 1 aliphatic carbocycles. The molecule has 0 radical (unpaired) electrons. The fraction of sp³-hybridized carbons (Fsp3) is 0.933. The molecule has 2 aliphatic rings. The average Bonchev–Trinajstić information content (AvgIpc) is 2.55. The second-order valence-corrected chi connectivity index (χ2v) is 7.06. The van der Waals surface area contributed by atoms with Crippen LogP contribution in [0.15, 0.2) is 0 Å². The third kappa shape index (κ3) is 2.36. The van der Waals surface area contributed by atoms with Crippen LogP contribution in [0.4, 0.5) is 0 Å². The summed E-state index contributed by atoms with van der Waals surface area (Å²) in [6, 6.07) is 0. The lowest BCUT2D eigenvalue weighted by molar-refractivity contribution is -0.151. The van der Waals surface area contributed by atoms with Crippen LogP contribution in [0, 0.1) is 16.7 Å². The van der Waals surface area contributed by atoms with Crippen molar-refractivity contribution in [1.82, 2.24) is 0 Å². The molecule has 1 aliphatic heterocycles. The molecule has 1 atom stereocenters. The summed E-state index contributed by atoms with van der Waals surface area (Å²) in [5.74, 6) is 0.860. The number of hydrogen-bond donors (Lipinski definition) is 0. The number of carbonyl (C=O) groups excluding carboxylic acids is 1. The van der Waals surface area contributed by atoms with Gasteiger partial charge in [0.2, 0.25) is 0 Å². The van der Waals surface area contributed by atoms with Crippen molar-refractivity contribution in [2.75, 3.05) is 0 Å². The number of cyclic esters (lactones) is 1. The monoisotopic (exact) mass is 238 g/mol. The van der Waals surface area contributed by atoms with Crippen LogP contribution in [0.2, 0.25) is 0 Å². The van der Waals surface area contributed by atoms with E-state index in [1.807, 2.05) is 0 Å². The smallest absolute Gasteiger partial charge is 0.312 e. The fourth-order valence-electron chi connectivity index (χ4n) is 3.51. The van der Waals surface area contributed by atoms with E-state index in [9.17, 15) is 4.79 Å². The Bertz CT molecular complexity index is 293. The molecule has 98 valence electrons. The van der Waals surface area contributed by atoms with E-state index >= 15 is 0 Å². The maximum absolute atomic E-state index is 12.1. The van der Waals surface area contributed by atoms with E-state index in [-0.39, 0.29) is 17.5 Å². The Labute approximate surface area is 105 Å². The van der Waals surface area contributed by atoms with Crippen LogP contribution in [0.3, 0.4) is 0 Å². The van der Waals surface area contributed by atoms with Crippen molar-refractivity contribution in [3.05, 3.63) is 0 Å². The highest BCUT2D eigenvalue weighted by atomic mass is 16.6. The molecule has 2 nitrogen and oxygen atoms in total. The molecule has 0 amide bonds. The van der Waals surface area contributed by atoms with E-state index < -0.39 is 0 Å². The summed E-state index contributed by atoms with van der Waals surface area (Å²) in [6.45, 7) is 9.06. The Morgan fingerprint density at radius 3 is 2.29 bits per heavy atom. The van der Waals surface area contributed by atoms with Crippen LogP contribution in [0.1, 0.15) is 66.2 Å². The summed E-state index contributed by atoms with van der Waals surface area (Å²) in [5, 5.41) is 0. The number of rotatable bonds is 1. The zero-order valence-corrected chi connectivity index (χ0v) is 11.7. The molecule has 17 heavy (non-hydrogen) atoms. The van der Waals surface area contributed by atoms with Gasteiger partial charge in [-0.05, 0) is 43.4 Å². The number of hydrogen-bond acceptors (Lipinski definition) is 2. The van der Waals surface area contributed by atoms with Crippen molar-refractivity contribution >= 4 is 5.97 Å². The van der Waals surface area contributed by atoms with E-state index in [1.54, 1.807) is 0 Å². The molecule has 0 aromatic heterocycles. The van der Waals surface area contributed by atoms with Gasteiger partial charge in [-0.3, -0.25) is 4.79 Å². The molecule has 0 aromatic carbocycles. The lowest BCUT2D eigenvalue weighted by Gasteiger charge is -2.40. The normalized spacial score (nSPS) is 38.5. The molecule has 1 spiro atoms.